The minimum atomic E-state index is -0.574. The van der Waals surface area contributed by atoms with Gasteiger partial charge in [0.1, 0.15) is 5.75 Å². The highest BCUT2D eigenvalue weighted by molar-refractivity contribution is 5.83. The number of aliphatic hydroxyl groups excluding tert-OH is 1. The van der Waals surface area contributed by atoms with Gasteiger partial charge in [-0.2, -0.15) is 0 Å². The maximum Gasteiger partial charge on any atom is 0.119 e. The van der Waals surface area contributed by atoms with Gasteiger partial charge in [0.15, 0.2) is 0 Å². The molecule has 0 aliphatic carbocycles. The number of aliphatic hydroxyl groups is 1. The van der Waals surface area contributed by atoms with E-state index in [1.807, 2.05) is 30.3 Å². The van der Waals surface area contributed by atoms with Crippen LogP contribution in [0.5, 0.6) is 5.75 Å². The quantitative estimate of drug-likeness (QED) is 0.836. The zero-order valence-corrected chi connectivity index (χ0v) is 14.6. The number of pyridine rings is 1. The maximum atomic E-state index is 11.2. The lowest BCUT2D eigenvalue weighted by Gasteiger charge is -2.55. The molecule has 2 unspecified atom stereocenters. The Bertz CT molecular complexity index is 809. The van der Waals surface area contributed by atoms with Crippen molar-refractivity contribution in [2.75, 3.05) is 20.2 Å². The van der Waals surface area contributed by atoms with Crippen LogP contribution in [0.2, 0.25) is 0 Å². The number of ether oxygens (including phenoxy) is 1. The summed E-state index contributed by atoms with van der Waals surface area (Å²) in [6, 6.07) is 7.77. The molecule has 4 heterocycles. The zero-order chi connectivity index (χ0) is 17.6. The molecular formula is C20H25N3O2. The number of rotatable bonds is 4. The van der Waals surface area contributed by atoms with E-state index in [1.54, 1.807) is 13.3 Å². The molecule has 0 saturated carbocycles. The third-order valence-electron chi connectivity index (χ3n) is 6.04. The Balaban J connectivity index is 1.69. The Morgan fingerprint density at radius 1 is 1.48 bits per heavy atom. The Morgan fingerprint density at radius 3 is 3.00 bits per heavy atom. The van der Waals surface area contributed by atoms with Crippen LogP contribution in [0.3, 0.4) is 0 Å². The molecule has 5 rings (SSSR count). The molecule has 1 aromatic carbocycles. The van der Waals surface area contributed by atoms with Crippen molar-refractivity contribution in [1.29, 1.82) is 0 Å². The lowest BCUT2D eigenvalue weighted by Crippen LogP contribution is -2.66. The van der Waals surface area contributed by atoms with E-state index in [4.69, 9.17) is 10.5 Å². The van der Waals surface area contributed by atoms with Crippen LogP contribution in [0.25, 0.3) is 10.9 Å². The van der Waals surface area contributed by atoms with Gasteiger partial charge in [-0.15, -0.1) is 6.58 Å². The average molecular weight is 339 g/mol. The third-order valence-corrected chi connectivity index (χ3v) is 6.04. The van der Waals surface area contributed by atoms with Crippen LogP contribution in [0.1, 0.15) is 24.5 Å². The molecule has 132 valence electrons. The number of nitrogens with two attached hydrogens (primary N) is 1. The topological polar surface area (TPSA) is 71.6 Å². The first-order valence-electron chi connectivity index (χ1n) is 8.83. The molecule has 0 amide bonds. The number of nitrogens with zero attached hydrogens (tertiary/aromatic N) is 2. The Labute approximate surface area is 148 Å². The third kappa shape index (κ3) is 2.63. The minimum Gasteiger partial charge on any atom is -0.497 e. The van der Waals surface area contributed by atoms with Gasteiger partial charge in [-0.1, -0.05) is 6.08 Å². The first-order valence-corrected chi connectivity index (χ1v) is 8.83. The average Bonchev–Trinajstić information content (AvgIpc) is 2.66. The summed E-state index contributed by atoms with van der Waals surface area (Å²) in [5, 5.41) is 12.1. The molecule has 2 aromatic rings. The van der Waals surface area contributed by atoms with E-state index in [1.165, 1.54) is 0 Å². The fourth-order valence-electron chi connectivity index (χ4n) is 4.51. The van der Waals surface area contributed by atoms with Crippen molar-refractivity contribution in [3.63, 3.8) is 0 Å². The summed E-state index contributed by atoms with van der Waals surface area (Å²) in [6.45, 7) is 5.66. The lowest BCUT2D eigenvalue weighted by molar-refractivity contribution is -0.0534. The van der Waals surface area contributed by atoms with Gasteiger partial charge in [0.2, 0.25) is 0 Å². The van der Waals surface area contributed by atoms with Crippen LogP contribution < -0.4 is 10.5 Å². The van der Waals surface area contributed by atoms with E-state index < -0.39 is 6.10 Å². The largest absolute Gasteiger partial charge is 0.497 e. The number of hydrogen-bond donors (Lipinski definition) is 2. The summed E-state index contributed by atoms with van der Waals surface area (Å²) in [5.41, 5.74) is 7.94. The monoisotopic (exact) mass is 339 g/mol. The number of aromatic nitrogens is 1. The summed E-state index contributed by atoms with van der Waals surface area (Å²) < 4.78 is 5.35. The summed E-state index contributed by atoms with van der Waals surface area (Å²) >= 11 is 0. The van der Waals surface area contributed by atoms with Crippen LogP contribution in [0, 0.1) is 5.92 Å². The summed E-state index contributed by atoms with van der Waals surface area (Å²) in [7, 11) is 1.65. The molecule has 3 N–H and O–H groups in total. The molecule has 3 aliphatic heterocycles. The molecule has 3 fully saturated rings. The lowest BCUT2D eigenvalue weighted by atomic mass is 9.69. The van der Waals surface area contributed by atoms with Crippen molar-refractivity contribution in [2.24, 2.45) is 11.7 Å². The van der Waals surface area contributed by atoms with Crippen molar-refractivity contribution >= 4 is 10.9 Å². The van der Waals surface area contributed by atoms with Crippen LogP contribution in [-0.2, 0) is 0 Å². The van der Waals surface area contributed by atoms with Gasteiger partial charge in [0.05, 0.1) is 18.7 Å². The van der Waals surface area contributed by atoms with Gasteiger partial charge >= 0.3 is 0 Å². The van der Waals surface area contributed by atoms with Crippen molar-refractivity contribution in [3.8, 4) is 5.75 Å². The molecular weight excluding hydrogens is 314 g/mol. The van der Waals surface area contributed by atoms with E-state index in [0.29, 0.717) is 5.92 Å². The molecule has 5 heteroatoms. The molecule has 0 radical (unpaired) electrons. The molecule has 5 atom stereocenters. The molecule has 3 saturated heterocycles. The summed E-state index contributed by atoms with van der Waals surface area (Å²) in [6.07, 6.45) is 5.03. The first kappa shape index (κ1) is 16.5. The number of piperidine rings is 3. The van der Waals surface area contributed by atoms with Crippen LogP contribution >= 0.6 is 0 Å². The van der Waals surface area contributed by atoms with Gasteiger partial charge in [-0.3, -0.25) is 9.88 Å². The van der Waals surface area contributed by atoms with Gasteiger partial charge in [-0.25, -0.2) is 0 Å². The number of fused-ring (bicyclic) bond motifs is 4. The Hall–Kier alpha value is -1.95. The highest BCUT2D eigenvalue weighted by Crippen LogP contribution is 2.43. The van der Waals surface area contributed by atoms with E-state index in [0.717, 1.165) is 48.1 Å². The van der Waals surface area contributed by atoms with E-state index >= 15 is 0 Å². The standard InChI is InChI=1S/C20H25N3O2/c1-3-20(21)12-23-9-7-13(20)10-18(23)19(24)15-6-8-22-17-5-4-14(25-2)11-16(15)17/h3-6,8,11,13,18-19,24H,1,7,9-10,12,21H2,2H3/t13?,18-,19+,20+/m0/s1. The van der Waals surface area contributed by atoms with E-state index in [-0.39, 0.29) is 11.6 Å². The highest BCUT2D eigenvalue weighted by Gasteiger charge is 2.48. The van der Waals surface area contributed by atoms with Crippen molar-refractivity contribution in [3.05, 3.63) is 48.7 Å². The summed E-state index contributed by atoms with van der Waals surface area (Å²) in [4.78, 5) is 6.73. The van der Waals surface area contributed by atoms with Crippen LogP contribution in [-0.4, -0.2) is 46.8 Å². The van der Waals surface area contributed by atoms with Crippen molar-refractivity contribution in [2.45, 2.75) is 30.5 Å². The van der Waals surface area contributed by atoms with Gasteiger partial charge in [0, 0.05) is 29.7 Å². The fourth-order valence-corrected chi connectivity index (χ4v) is 4.51. The molecule has 1 aromatic heterocycles. The fraction of sp³-hybridized carbons (Fsp3) is 0.450. The Morgan fingerprint density at radius 2 is 2.32 bits per heavy atom. The molecule has 25 heavy (non-hydrogen) atoms. The molecule has 0 spiro atoms. The molecule has 2 bridgehead atoms. The van der Waals surface area contributed by atoms with E-state index in [9.17, 15) is 5.11 Å². The van der Waals surface area contributed by atoms with E-state index in [2.05, 4.69) is 16.5 Å². The second-order valence-electron chi connectivity index (χ2n) is 7.30. The minimum absolute atomic E-state index is 0.0761. The Kier molecular flexibility index (Phi) is 4.02. The van der Waals surface area contributed by atoms with Gasteiger partial charge < -0.3 is 15.6 Å². The van der Waals surface area contributed by atoms with Gasteiger partial charge in [-0.05, 0) is 55.1 Å². The van der Waals surface area contributed by atoms with Gasteiger partial charge in [0.25, 0.3) is 0 Å². The number of methoxy groups -OCH3 is 1. The smallest absolute Gasteiger partial charge is 0.119 e. The second-order valence-corrected chi connectivity index (χ2v) is 7.30. The molecule has 5 nitrogen and oxygen atoms in total. The normalized spacial score (nSPS) is 32.5. The maximum absolute atomic E-state index is 11.2. The van der Waals surface area contributed by atoms with Crippen molar-refractivity contribution < 1.29 is 9.84 Å². The van der Waals surface area contributed by atoms with Crippen molar-refractivity contribution in [1.82, 2.24) is 9.88 Å². The number of hydrogen-bond acceptors (Lipinski definition) is 5. The van der Waals surface area contributed by atoms with Crippen LogP contribution in [0.4, 0.5) is 0 Å². The molecule has 3 aliphatic rings. The number of benzene rings is 1. The highest BCUT2D eigenvalue weighted by atomic mass is 16.5. The summed E-state index contributed by atoms with van der Waals surface area (Å²) in [5.74, 6) is 1.14. The zero-order valence-electron chi connectivity index (χ0n) is 14.6. The first-order chi connectivity index (χ1) is 12.1. The second kappa shape index (κ2) is 6.09. The SMILES string of the molecule is C=C[C@@]1(N)CN2CCC1C[C@H]2[C@H](O)c1ccnc2ccc(OC)cc12. The predicted octanol–water partition coefficient (Wildman–Crippen LogP) is 2.25. The van der Waals surface area contributed by atoms with Crippen LogP contribution in [0.15, 0.2) is 43.1 Å². The predicted molar refractivity (Wildman–Crippen MR) is 98.5 cm³/mol.